The first-order valence-electron chi connectivity index (χ1n) is 11.4. The zero-order valence-corrected chi connectivity index (χ0v) is 18.5. The van der Waals surface area contributed by atoms with Crippen LogP contribution in [0, 0.1) is 11.7 Å². The number of amides is 2. The van der Waals surface area contributed by atoms with E-state index in [1.54, 1.807) is 17.0 Å². The van der Waals surface area contributed by atoms with Gasteiger partial charge in [-0.25, -0.2) is 9.07 Å². The molecule has 3 aliphatic rings. The topological polar surface area (TPSA) is 98.6 Å². The summed E-state index contributed by atoms with van der Waals surface area (Å²) in [7, 11) is 0. The Kier molecular flexibility index (Phi) is 6.11. The predicted octanol–water partition coefficient (Wildman–Crippen LogP) is 1.20. The molecule has 1 spiro atoms. The van der Waals surface area contributed by atoms with Gasteiger partial charge < -0.3 is 19.7 Å². The van der Waals surface area contributed by atoms with Gasteiger partial charge in [0.15, 0.2) is 0 Å². The number of carbonyl (C=O) groups is 2. The van der Waals surface area contributed by atoms with Crippen molar-refractivity contribution in [2.24, 2.45) is 5.92 Å². The fourth-order valence-electron chi connectivity index (χ4n) is 4.84. The highest BCUT2D eigenvalue weighted by molar-refractivity contribution is 5.79. The van der Waals surface area contributed by atoms with E-state index < -0.39 is 5.60 Å². The molecule has 33 heavy (non-hydrogen) atoms. The van der Waals surface area contributed by atoms with Crippen LogP contribution in [0.1, 0.15) is 36.2 Å². The molecule has 1 N–H and O–H groups in total. The molecule has 1 unspecified atom stereocenters. The van der Waals surface area contributed by atoms with Crippen LogP contribution >= 0.6 is 0 Å². The number of hydrogen-bond acceptors (Lipinski definition) is 6. The van der Waals surface area contributed by atoms with E-state index in [9.17, 15) is 14.0 Å². The minimum absolute atomic E-state index is 0.0148. The van der Waals surface area contributed by atoms with Crippen molar-refractivity contribution in [2.75, 3.05) is 26.3 Å². The quantitative estimate of drug-likeness (QED) is 0.725. The summed E-state index contributed by atoms with van der Waals surface area (Å²) >= 11 is 0. The van der Waals surface area contributed by atoms with Gasteiger partial charge in [-0.3, -0.25) is 9.59 Å². The van der Waals surface area contributed by atoms with Gasteiger partial charge in [0.25, 0.3) is 0 Å². The number of benzene rings is 1. The van der Waals surface area contributed by atoms with Crippen LogP contribution in [-0.4, -0.2) is 63.6 Å². The van der Waals surface area contributed by atoms with Crippen LogP contribution in [0.15, 0.2) is 24.3 Å². The molecule has 0 bridgehead atoms. The molecule has 4 heterocycles. The van der Waals surface area contributed by atoms with Gasteiger partial charge in [-0.05, 0) is 37.0 Å². The zero-order valence-electron chi connectivity index (χ0n) is 18.5. The summed E-state index contributed by atoms with van der Waals surface area (Å²) in [6.45, 7) is 3.46. The minimum Gasteiger partial charge on any atom is -0.381 e. The molecule has 1 atom stereocenters. The van der Waals surface area contributed by atoms with Crippen LogP contribution in [-0.2, 0) is 45.2 Å². The third kappa shape index (κ3) is 4.77. The average molecular weight is 458 g/mol. The van der Waals surface area contributed by atoms with Crippen LogP contribution < -0.4 is 5.32 Å². The molecule has 1 aromatic heterocycles. The van der Waals surface area contributed by atoms with Crippen molar-refractivity contribution in [3.8, 4) is 0 Å². The highest BCUT2D eigenvalue weighted by atomic mass is 19.1. The third-order valence-corrected chi connectivity index (χ3v) is 6.81. The highest BCUT2D eigenvalue weighted by Gasteiger charge is 2.44. The Labute approximate surface area is 191 Å². The SMILES string of the molecule is O=C(NCc1nnn2c1COC1(CCN(C(=O)Cc3cccc(F)c3)C1)C2)C1CCOCC1. The van der Waals surface area contributed by atoms with Crippen molar-refractivity contribution in [2.45, 2.75) is 51.0 Å². The molecule has 9 nitrogen and oxygen atoms in total. The Morgan fingerprint density at radius 2 is 2.09 bits per heavy atom. The van der Waals surface area contributed by atoms with Crippen LogP contribution in [0.25, 0.3) is 0 Å². The normalized spacial score (nSPS) is 23.0. The fraction of sp³-hybridized carbons (Fsp3) is 0.565. The second kappa shape index (κ2) is 9.18. The number of carbonyl (C=O) groups excluding carboxylic acids is 2. The zero-order chi connectivity index (χ0) is 22.8. The van der Waals surface area contributed by atoms with Crippen LogP contribution in [0.2, 0.25) is 0 Å². The molecule has 5 rings (SSSR count). The fourth-order valence-corrected chi connectivity index (χ4v) is 4.84. The van der Waals surface area contributed by atoms with E-state index in [1.165, 1.54) is 12.1 Å². The van der Waals surface area contributed by atoms with E-state index in [0.717, 1.165) is 18.5 Å². The number of aromatic nitrogens is 3. The Morgan fingerprint density at radius 3 is 2.91 bits per heavy atom. The summed E-state index contributed by atoms with van der Waals surface area (Å²) in [4.78, 5) is 26.9. The largest absolute Gasteiger partial charge is 0.381 e. The van der Waals surface area contributed by atoms with Crippen molar-refractivity contribution < 1.29 is 23.5 Å². The van der Waals surface area contributed by atoms with Crippen LogP contribution in [0.5, 0.6) is 0 Å². The molecule has 3 aliphatic heterocycles. The maximum absolute atomic E-state index is 13.4. The maximum Gasteiger partial charge on any atom is 0.227 e. The van der Waals surface area contributed by atoms with Crippen molar-refractivity contribution in [1.82, 2.24) is 25.2 Å². The summed E-state index contributed by atoms with van der Waals surface area (Å²) < 4.78 is 26.8. The molecule has 2 saturated heterocycles. The number of nitrogens with zero attached hydrogens (tertiary/aromatic N) is 4. The molecular formula is C23H28FN5O4. The number of nitrogens with one attached hydrogen (secondary N) is 1. The third-order valence-electron chi connectivity index (χ3n) is 6.81. The summed E-state index contributed by atoms with van der Waals surface area (Å²) in [6, 6.07) is 6.14. The molecule has 0 radical (unpaired) electrons. The average Bonchev–Trinajstić information content (AvgIpc) is 3.42. The summed E-state index contributed by atoms with van der Waals surface area (Å²) in [5, 5.41) is 11.5. The van der Waals surface area contributed by atoms with Crippen LogP contribution in [0.4, 0.5) is 4.39 Å². The molecular weight excluding hydrogens is 429 g/mol. The lowest BCUT2D eigenvalue weighted by molar-refractivity contribution is -0.132. The Morgan fingerprint density at radius 1 is 1.24 bits per heavy atom. The van der Waals surface area contributed by atoms with E-state index in [4.69, 9.17) is 9.47 Å². The number of halogens is 1. The van der Waals surface area contributed by atoms with E-state index in [0.29, 0.717) is 63.7 Å². The second-order valence-electron chi connectivity index (χ2n) is 9.09. The van der Waals surface area contributed by atoms with Gasteiger partial charge in [0.1, 0.15) is 17.1 Å². The van der Waals surface area contributed by atoms with Gasteiger partial charge in [0.2, 0.25) is 11.8 Å². The van der Waals surface area contributed by atoms with E-state index in [1.807, 2.05) is 4.68 Å². The lowest BCUT2D eigenvalue weighted by Gasteiger charge is -2.34. The van der Waals surface area contributed by atoms with Gasteiger partial charge in [-0.15, -0.1) is 5.10 Å². The lowest BCUT2D eigenvalue weighted by atomic mass is 9.99. The summed E-state index contributed by atoms with van der Waals surface area (Å²) in [5.41, 5.74) is 1.73. The first-order valence-corrected chi connectivity index (χ1v) is 11.4. The molecule has 2 fully saturated rings. The molecule has 2 amide bonds. The molecule has 0 saturated carbocycles. The second-order valence-corrected chi connectivity index (χ2v) is 9.09. The van der Waals surface area contributed by atoms with Crippen LogP contribution in [0.3, 0.4) is 0 Å². The summed E-state index contributed by atoms with van der Waals surface area (Å²) in [5.74, 6) is -0.371. The Hall–Kier alpha value is -2.85. The standard InChI is InChI=1S/C23H28FN5O4/c24-18-3-1-2-16(10-18)11-21(30)28-7-6-23(14-28)15-29-20(13-33-23)19(26-27-29)12-25-22(31)17-4-8-32-9-5-17/h1-3,10,17H,4-9,11-15H2,(H,25,31). The van der Waals surface area contributed by atoms with Crippen molar-refractivity contribution in [3.63, 3.8) is 0 Å². The highest BCUT2D eigenvalue weighted by Crippen LogP contribution is 2.33. The first-order chi connectivity index (χ1) is 16.0. The minimum atomic E-state index is -0.499. The number of likely N-dealkylation sites (tertiary alicyclic amines) is 1. The van der Waals surface area contributed by atoms with Crippen molar-refractivity contribution in [3.05, 3.63) is 47.0 Å². The van der Waals surface area contributed by atoms with E-state index in [-0.39, 0.29) is 30.0 Å². The Balaban J connectivity index is 1.17. The number of ether oxygens (including phenoxy) is 2. The van der Waals surface area contributed by atoms with Gasteiger partial charge >= 0.3 is 0 Å². The van der Waals surface area contributed by atoms with E-state index in [2.05, 4.69) is 15.6 Å². The molecule has 2 aromatic rings. The predicted molar refractivity (Wildman–Crippen MR) is 114 cm³/mol. The molecule has 1 aromatic carbocycles. The van der Waals surface area contributed by atoms with Crippen molar-refractivity contribution >= 4 is 11.8 Å². The molecule has 10 heteroatoms. The monoisotopic (exact) mass is 457 g/mol. The van der Waals surface area contributed by atoms with Gasteiger partial charge in [-0.2, -0.15) is 0 Å². The molecule has 176 valence electrons. The van der Waals surface area contributed by atoms with Crippen molar-refractivity contribution in [1.29, 1.82) is 0 Å². The van der Waals surface area contributed by atoms with Gasteiger partial charge in [0, 0.05) is 25.7 Å². The lowest BCUT2D eigenvalue weighted by Crippen LogP contribution is -2.45. The Bertz CT molecular complexity index is 1040. The summed E-state index contributed by atoms with van der Waals surface area (Å²) in [6.07, 6.45) is 2.35. The van der Waals surface area contributed by atoms with Gasteiger partial charge in [0.05, 0.1) is 38.4 Å². The van der Waals surface area contributed by atoms with E-state index >= 15 is 0 Å². The smallest absolute Gasteiger partial charge is 0.227 e. The number of fused-ring (bicyclic) bond motifs is 1. The number of rotatable bonds is 5. The molecule has 0 aliphatic carbocycles. The van der Waals surface area contributed by atoms with Gasteiger partial charge in [-0.1, -0.05) is 17.3 Å². The maximum atomic E-state index is 13.4. The number of hydrogen-bond donors (Lipinski definition) is 1. The first kappa shape index (κ1) is 22.0.